The Morgan fingerprint density at radius 2 is 1.97 bits per heavy atom. The second-order valence-electron chi connectivity index (χ2n) is 7.46. The number of amides is 1. The first-order valence-corrected chi connectivity index (χ1v) is 11.2. The van der Waals surface area contributed by atoms with Crippen LogP contribution in [-0.2, 0) is 9.53 Å². The van der Waals surface area contributed by atoms with Crippen molar-refractivity contribution >= 4 is 38.7 Å². The average molecular weight is 422 g/mol. The summed E-state index contributed by atoms with van der Waals surface area (Å²) in [6, 6.07) is 16.1. The molecule has 6 heteroatoms. The van der Waals surface area contributed by atoms with E-state index in [2.05, 4.69) is 24.0 Å². The monoisotopic (exact) mass is 421 g/mol. The van der Waals surface area contributed by atoms with E-state index in [0.717, 1.165) is 65.7 Å². The van der Waals surface area contributed by atoms with E-state index in [4.69, 9.17) is 9.72 Å². The van der Waals surface area contributed by atoms with Crippen LogP contribution in [0.2, 0.25) is 0 Å². The molecule has 0 atom stereocenters. The lowest BCUT2D eigenvalue weighted by Gasteiger charge is -2.27. The molecule has 2 heterocycles. The van der Waals surface area contributed by atoms with E-state index in [1.54, 1.807) is 17.4 Å². The molecule has 3 aromatic rings. The van der Waals surface area contributed by atoms with Crippen molar-refractivity contribution in [3.05, 3.63) is 65.7 Å². The zero-order chi connectivity index (χ0) is 20.8. The molecule has 30 heavy (non-hydrogen) atoms. The van der Waals surface area contributed by atoms with Gasteiger partial charge in [-0.3, -0.25) is 14.6 Å². The summed E-state index contributed by atoms with van der Waals surface area (Å²) in [6.45, 7) is 7.17. The number of para-hydroxylation sites is 1. The van der Waals surface area contributed by atoms with Crippen LogP contribution < -0.4 is 4.90 Å². The van der Waals surface area contributed by atoms with E-state index < -0.39 is 0 Å². The highest BCUT2D eigenvalue weighted by Crippen LogP contribution is 2.31. The molecule has 4 rings (SSSR count). The van der Waals surface area contributed by atoms with Crippen LogP contribution in [0.1, 0.15) is 17.5 Å². The Morgan fingerprint density at radius 3 is 2.73 bits per heavy atom. The van der Waals surface area contributed by atoms with Crippen LogP contribution in [0.4, 0.5) is 5.13 Å². The number of nitrogens with zero attached hydrogens (tertiary/aromatic N) is 3. The average Bonchev–Trinajstić information content (AvgIpc) is 3.22. The predicted molar refractivity (Wildman–Crippen MR) is 124 cm³/mol. The summed E-state index contributed by atoms with van der Waals surface area (Å²) in [4.78, 5) is 22.2. The summed E-state index contributed by atoms with van der Waals surface area (Å²) in [5.41, 5.74) is 3.13. The molecule has 2 aromatic carbocycles. The summed E-state index contributed by atoms with van der Waals surface area (Å²) in [7, 11) is 0. The number of aromatic nitrogens is 1. The predicted octanol–water partition coefficient (Wildman–Crippen LogP) is 4.37. The number of hydrogen-bond donors (Lipinski definition) is 0. The lowest BCUT2D eigenvalue weighted by Crippen LogP contribution is -2.39. The van der Waals surface area contributed by atoms with Gasteiger partial charge in [0, 0.05) is 32.3 Å². The number of hydrogen-bond acceptors (Lipinski definition) is 5. The summed E-state index contributed by atoms with van der Waals surface area (Å²) in [5, 5.41) is 0.768. The topological polar surface area (TPSA) is 45.7 Å². The zero-order valence-corrected chi connectivity index (χ0v) is 18.1. The normalized spacial score (nSPS) is 15.1. The fourth-order valence-corrected chi connectivity index (χ4v) is 4.66. The van der Waals surface area contributed by atoms with Crippen molar-refractivity contribution in [2.24, 2.45) is 0 Å². The molecule has 0 aliphatic carbocycles. The molecule has 1 aliphatic heterocycles. The van der Waals surface area contributed by atoms with Crippen molar-refractivity contribution < 1.29 is 9.53 Å². The SMILES string of the molecule is Cc1cccc2sc(N(CCCN3CCOCC3)C(=O)/C=C/c3ccccc3)nc12. The minimum absolute atomic E-state index is 0.0301. The maximum absolute atomic E-state index is 13.1. The second-order valence-corrected chi connectivity index (χ2v) is 8.47. The van der Waals surface area contributed by atoms with E-state index in [1.165, 1.54) is 0 Å². The number of fused-ring (bicyclic) bond motifs is 1. The van der Waals surface area contributed by atoms with Crippen LogP contribution in [0, 0.1) is 6.92 Å². The second kappa shape index (κ2) is 9.98. The first-order valence-electron chi connectivity index (χ1n) is 10.4. The van der Waals surface area contributed by atoms with E-state index >= 15 is 0 Å². The van der Waals surface area contributed by atoms with Crippen LogP contribution in [0.25, 0.3) is 16.3 Å². The molecule has 1 aromatic heterocycles. The van der Waals surface area contributed by atoms with Gasteiger partial charge < -0.3 is 4.74 Å². The zero-order valence-electron chi connectivity index (χ0n) is 17.3. The highest BCUT2D eigenvalue weighted by atomic mass is 32.1. The third kappa shape index (κ3) is 5.14. The summed E-state index contributed by atoms with van der Waals surface area (Å²) < 4.78 is 6.54. The van der Waals surface area contributed by atoms with Crippen molar-refractivity contribution in [2.75, 3.05) is 44.3 Å². The van der Waals surface area contributed by atoms with Gasteiger partial charge in [0.15, 0.2) is 5.13 Å². The van der Waals surface area contributed by atoms with Gasteiger partial charge in [0.05, 0.1) is 23.4 Å². The summed E-state index contributed by atoms with van der Waals surface area (Å²) >= 11 is 1.58. The molecule has 0 radical (unpaired) electrons. The summed E-state index contributed by atoms with van der Waals surface area (Å²) in [6.07, 6.45) is 4.43. The largest absolute Gasteiger partial charge is 0.379 e. The fraction of sp³-hybridized carbons (Fsp3) is 0.333. The minimum Gasteiger partial charge on any atom is -0.379 e. The number of ether oxygens (including phenoxy) is 1. The van der Waals surface area contributed by atoms with Gasteiger partial charge in [-0.25, -0.2) is 4.98 Å². The Kier molecular flexibility index (Phi) is 6.89. The Balaban J connectivity index is 1.52. The molecular weight excluding hydrogens is 394 g/mol. The molecule has 5 nitrogen and oxygen atoms in total. The van der Waals surface area contributed by atoms with Gasteiger partial charge in [-0.05, 0) is 36.6 Å². The molecule has 0 unspecified atom stereocenters. The number of carbonyl (C=O) groups is 1. The van der Waals surface area contributed by atoms with Gasteiger partial charge >= 0.3 is 0 Å². The van der Waals surface area contributed by atoms with Gasteiger partial charge in [0.1, 0.15) is 0 Å². The molecule has 1 amide bonds. The Bertz CT molecular complexity index is 1010. The van der Waals surface area contributed by atoms with Crippen LogP contribution in [0.5, 0.6) is 0 Å². The third-order valence-corrected chi connectivity index (χ3v) is 6.33. The Morgan fingerprint density at radius 1 is 1.17 bits per heavy atom. The molecule has 0 bridgehead atoms. The van der Waals surface area contributed by atoms with Crippen molar-refractivity contribution in [1.82, 2.24) is 9.88 Å². The van der Waals surface area contributed by atoms with Crippen molar-refractivity contribution in [1.29, 1.82) is 0 Å². The minimum atomic E-state index is -0.0301. The lowest BCUT2D eigenvalue weighted by atomic mass is 10.2. The first kappa shape index (κ1) is 20.7. The van der Waals surface area contributed by atoms with Gasteiger partial charge in [-0.2, -0.15) is 0 Å². The smallest absolute Gasteiger partial charge is 0.252 e. The number of benzene rings is 2. The lowest BCUT2D eigenvalue weighted by molar-refractivity contribution is -0.114. The van der Waals surface area contributed by atoms with E-state index in [9.17, 15) is 4.79 Å². The molecule has 1 fully saturated rings. The maximum atomic E-state index is 13.1. The number of anilines is 1. The van der Waals surface area contributed by atoms with Gasteiger partial charge in [-0.15, -0.1) is 0 Å². The standard InChI is InChI=1S/C24H27N3O2S/c1-19-7-5-10-21-23(19)25-24(30-21)27(14-6-13-26-15-17-29-18-16-26)22(28)12-11-20-8-3-2-4-9-20/h2-5,7-12H,6,13-18H2,1H3/b12-11+. The van der Waals surface area contributed by atoms with Crippen molar-refractivity contribution in [3.63, 3.8) is 0 Å². The molecule has 156 valence electrons. The molecular formula is C24H27N3O2S. The molecule has 0 saturated carbocycles. The highest BCUT2D eigenvalue weighted by Gasteiger charge is 2.19. The number of aryl methyl sites for hydroxylation is 1. The summed E-state index contributed by atoms with van der Waals surface area (Å²) in [5.74, 6) is -0.0301. The highest BCUT2D eigenvalue weighted by molar-refractivity contribution is 7.22. The van der Waals surface area contributed by atoms with Gasteiger partial charge in [0.25, 0.3) is 5.91 Å². The van der Waals surface area contributed by atoms with Crippen molar-refractivity contribution in [3.8, 4) is 0 Å². The van der Waals surface area contributed by atoms with E-state index in [-0.39, 0.29) is 5.91 Å². The van der Waals surface area contributed by atoms with Gasteiger partial charge in [-0.1, -0.05) is 53.8 Å². The third-order valence-electron chi connectivity index (χ3n) is 5.28. The van der Waals surface area contributed by atoms with Crippen LogP contribution >= 0.6 is 11.3 Å². The molecule has 1 aliphatic rings. The van der Waals surface area contributed by atoms with Crippen LogP contribution in [-0.4, -0.2) is 55.2 Å². The molecule has 1 saturated heterocycles. The Labute approximate surface area is 181 Å². The van der Waals surface area contributed by atoms with E-state index in [0.29, 0.717) is 6.54 Å². The molecule has 0 spiro atoms. The number of carbonyl (C=O) groups excluding carboxylic acids is 1. The molecule has 0 N–H and O–H groups in total. The fourth-order valence-electron chi connectivity index (χ4n) is 3.59. The quantitative estimate of drug-likeness (QED) is 0.532. The number of morpholine rings is 1. The van der Waals surface area contributed by atoms with Gasteiger partial charge in [0.2, 0.25) is 0 Å². The van der Waals surface area contributed by atoms with E-state index in [1.807, 2.05) is 47.4 Å². The first-order chi connectivity index (χ1) is 14.7. The Hall–Kier alpha value is -2.54. The van der Waals surface area contributed by atoms with Crippen LogP contribution in [0.15, 0.2) is 54.6 Å². The maximum Gasteiger partial charge on any atom is 0.252 e. The number of rotatable bonds is 7. The number of thiazole rings is 1. The van der Waals surface area contributed by atoms with Crippen LogP contribution in [0.3, 0.4) is 0 Å². The van der Waals surface area contributed by atoms with Crippen molar-refractivity contribution in [2.45, 2.75) is 13.3 Å².